The summed E-state index contributed by atoms with van der Waals surface area (Å²) in [5.41, 5.74) is 0. The van der Waals surface area contributed by atoms with E-state index in [4.69, 9.17) is 14.6 Å². The molecule has 0 spiro atoms. The third-order valence-electron chi connectivity index (χ3n) is 5.36. The van der Waals surface area contributed by atoms with E-state index in [1.807, 2.05) is 6.92 Å². The zero-order valence-corrected chi connectivity index (χ0v) is 17.2. The number of unbranched alkanes of at least 4 members (excludes halogenated alkanes) is 9. The lowest BCUT2D eigenvalue weighted by molar-refractivity contribution is -0.151. The molecule has 4 heteroatoms. The third-order valence-corrected chi connectivity index (χ3v) is 5.36. The Kier molecular flexibility index (Phi) is 13.9. The number of epoxide rings is 1. The number of carbonyl (C=O) groups excluding carboxylic acids is 1. The number of carbonyl (C=O) groups is 1. The molecule has 26 heavy (non-hydrogen) atoms. The molecule has 0 amide bonds. The van der Waals surface area contributed by atoms with Crippen molar-refractivity contribution in [2.45, 2.75) is 128 Å². The lowest BCUT2D eigenvalue weighted by Gasteiger charge is -2.12. The Balaban J connectivity index is 1.82. The van der Waals surface area contributed by atoms with Crippen LogP contribution < -0.4 is 0 Å². The highest BCUT2D eigenvalue weighted by molar-refractivity contribution is 5.69. The van der Waals surface area contributed by atoms with E-state index < -0.39 is 0 Å². The van der Waals surface area contributed by atoms with Crippen molar-refractivity contribution >= 4 is 5.97 Å². The minimum Gasteiger partial charge on any atom is -0.460 e. The van der Waals surface area contributed by atoms with Gasteiger partial charge >= 0.3 is 5.97 Å². The maximum Gasteiger partial charge on any atom is 0.306 e. The molecule has 1 aliphatic heterocycles. The van der Waals surface area contributed by atoms with Gasteiger partial charge in [-0.25, -0.2) is 0 Å². The maximum absolute atomic E-state index is 11.6. The first-order chi connectivity index (χ1) is 12.7. The quantitative estimate of drug-likeness (QED) is 0.195. The highest BCUT2D eigenvalue weighted by Crippen LogP contribution is 2.31. The van der Waals surface area contributed by atoms with Crippen LogP contribution >= 0.6 is 0 Å². The molecule has 0 aromatic rings. The van der Waals surface area contributed by atoms with Crippen LogP contribution in [-0.4, -0.2) is 36.0 Å². The van der Waals surface area contributed by atoms with Crippen molar-refractivity contribution in [2.75, 3.05) is 6.61 Å². The van der Waals surface area contributed by atoms with Crippen LogP contribution in [0.25, 0.3) is 0 Å². The minimum atomic E-state index is -0.328. The van der Waals surface area contributed by atoms with Crippen LogP contribution in [0.5, 0.6) is 0 Å². The summed E-state index contributed by atoms with van der Waals surface area (Å²) >= 11 is 0. The van der Waals surface area contributed by atoms with Gasteiger partial charge < -0.3 is 14.6 Å². The van der Waals surface area contributed by atoms with E-state index in [9.17, 15) is 4.79 Å². The van der Waals surface area contributed by atoms with Crippen molar-refractivity contribution in [2.24, 2.45) is 0 Å². The monoisotopic (exact) mass is 370 g/mol. The molecular weight excluding hydrogens is 328 g/mol. The van der Waals surface area contributed by atoms with Crippen molar-refractivity contribution < 1.29 is 19.4 Å². The van der Waals surface area contributed by atoms with Crippen LogP contribution in [0, 0.1) is 0 Å². The Morgan fingerprint density at radius 2 is 1.42 bits per heavy atom. The van der Waals surface area contributed by atoms with Crippen molar-refractivity contribution in [1.29, 1.82) is 0 Å². The summed E-state index contributed by atoms with van der Waals surface area (Å²) in [6.45, 7) is 4.10. The second kappa shape index (κ2) is 15.4. The average molecular weight is 371 g/mol. The number of rotatable bonds is 18. The fourth-order valence-electron chi connectivity index (χ4n) is 3.45. The first-order valence-corrected chi connectivity index (χ1v) is 11.2. The first-order valence-electron chi connectivity index (χ1n) is 11.2. The van der Waals surface area contributed by atoms with Crippen LogP contribution in [0.1, 0.15) is 110 Å². The first kappa shape index (κ1) is 23.4. The normalized spacial score (nSPS) is 20.1. The molecule has 0 aliphatic carbocycles. The van der Waals surface area contributed by atoms with Crippen LogP contribution in [0.2, 0.25) is 0 Å². The zero-order valence-electron chi connectivity index (χ0n) is 17.2. The van der Waals surface area contributed by atoms with E-state index in [-0.39, 0.29) is 18.7 Å². The van der Waals surface area contributed by atoms with Crippen LogP contribution in [0.3, 0.4) is 0 Å². The second-order valence-corrected chi connectivity index (χ2v) is 7.78. The van der Waals surface area contributed by atoms with Gasteiger partial charge in [-0.15, -0.1) is 0 Å². The van der Waals surface area contributed by atoms with Crippen molar-refractivity contribution in [3.8, 4) is 0 Å². The summed E-state index contributed by atoms with van der Waals surface area (Å²) in [6, 6.07) is 0. The second-order valence-electron chi connectivity index (χ2n) is 7.78. The van der Waals surface area contributed by atoms with Gasteiger partial charge in [-0.1, -0.05) is 78.1 Å². The molecule has 1 saturated heterocycles. The smallest absolute Gasteiger partial charge is 0.306 e. The van der Waals surface area contributed by atoms with Crippen LogP contribution in [0.15, 0.2) is 0 Å². The van der Waals surface area contributed by atoms with E-state index in [1.165, 1.54) is 70.6 Å². The lowest BCUT2D eigenvalue weighted by atomic mass is 10.0. The summed E-state index contributed by atoms with van der Waals surface area (Å²) in [4.78, 5) is 11.6. The number of hydrogen-bond acceptors (Lipinski definition) is 4. The molecule has 1 heterocycles. The third kappa shape index (κ3) is 11.9. The van der Waals surface area contributed by atoms with E-state index in [0.717, 1.165) is 12.8 Å². The van der Waals surface area contributed by atoms with Crippen molar-refractivity contribution in [3.05, 3.63) is 0 Å². The van der Waals surface area contributed by atoms with Gasteiger partial charge in [0, 0.05) is 6.42 Å². The predicted molar refractivity (Wildman–Crippen MR) is 106 cm³/mol. The fourth-order valence-corrected chi connectivity index (χ4v) is 3.45. The number of aliphatic hydroxyl groups is 1. The van der Waals surface area contributed by atoms with Gasteiger partial charge in [0.2, 0.25) is 0 Å². The summed E-state index contributed by atoms with van der Waals surface area (Å²) < 4.78 is 11.0. The summed E-state index contributed by atoms with van der Waals surface area (Å²) in [5, 5.41) is 9.02. The number of aliphatic hydroxyl groups excluding tert-OH is 1. The highest BCUT2D eigenvalue weighted by atomic mass is 16.6. The molecule has 0 radical (unpaired) electrons. The van der Waals surface area contributed by atoms with Crippen molar-refractivity contribution in [3.63, 3.8) is 0 Å². The maximum atomic E-state index is 11.6. The summed E-state index contributed by atoms with van der Waals surface area (Å²) in [7, 11) is 0. The molecule has 0 saturated carbocycles. The lowest BCUT2D eigenvalue weighted by Crippen LogP contribution is -2.20. The molecule has 4 nitrogen and oxygen atoms in total. The van der Waals surface area contributed by atoms with Crippen molar-refractivity contribution in [1.82, 2.24) is 0 Å². The molecule has 0 aromatic heterocycles. The largest absolute Gasteiger partial charge is 0.460 e. The van der Waals surface area contributed by atoms with Crippen LogP contribution in [0.4, 0.5) is 0 Å². The average Bonchev–Trinajstić information content (AvgIpc) is 3.40. The molecule has 1 rings (SSSR count). The topological polar surface area (TPSA) is 59.1 Å². The molecule has 3 unspecified atom stereocenters. The number of ether oxygens (including phenoxy) is 2. The van der Waals surface area contributed by atoms with Gasteiger partial charge in [-0.05, 0) is 25.7 Å². The van der Waals surface area contributed by atoms with E-state index >= 15 is 0 Å². The predicted octanol–water partition coefficient (Wildman–Crippen LogP) is 5.55. The molecule has 0 aromatic carbocycles. The fraction of sp³-hybridized carbons (Fsp3) is 0.955. The minimum absolute atomic E-state index is 0.0780. The Morgan fingerprint density at radius 3 is 1.96 bits per heavy atom. The Morgan fingerprint density at radius 1 is 0.885 bits per heavy atom. The number of esters is 1. The molecule has 1 aliphatic rings. The van der Waals surface area contributed by atoms with Gasteiger partial charge in [0.05, 0.1) is 18.8 Å². The molecule has 154 valence electrons. The van der Waals surface area contributed by atoms with E-state index in [2.05, 4.69) is 6.92 Å². The Labute approximate surface area is 161 Å². The summed E-state index contributed by atoms with van der Waals surface area (Å²) in [6.07, 6.45) is 18.2. The molecule has 0 bridgehead atoms. The standard InChI is InChI=1S/C22H42O4/c1-3-5-6-7-9-12-15-20-21(26-20)16-13-10-8-11-14-17-22(24)25-19(4-2)18-23/h19-21,23H,3-18H2,1-2H3. The van der Waals surface area contributed by atoms with Gasteiger partial charge in [0.25, 0.3) is 0 Å². The molecular formula is C22H42O4. The molecule has 1 N–H and O–H groups in total. The number of hydrogen-bond donors (Lipinski definition) is 1. The van der Waals surface area contributed by atoms with Gasteiger partial charge in [-0.3, -0.25) is 4.79 Å². The highest BCUT2D eigenvalue weighted by Gasteiger charge is 2.36. The van der Waals surface area contributed by atoms with Gasteiger partial charge in [0.1, 0.15) is 6.10 Å². The van der Waals surface area contributed by atoms with Crippen LogP contribution in [-0.2, 0) is 14.3 Å². The van der Waals surface area contributed by atoms with E-state index in [1.54, 1.807) is 0 Å². The zero-order chi connectivity index (χ0) is 19.0. The molecule has 3 atom stereocenters. The van der Waals surface area contributed by atoms with Gasteiger partial charge in [-0.2, -0.15) is 0 Å². The SMILES string of the molecule is CCCCCCCCC1OC1CCCCCCCC(=O)OC(CC)CO. The summed E-state index contributed by atoms with van der Waals surface area (Å²) in [5.74, 6) is -0.171. The molecule has 1 fully saturated rings. The van der Waals surface area contributed by atoms with E-state index in [0.29, 0.717) is 25.0 Å². The Hall–Kier alpha value is -0.610. The Bertz CT molecular complexity index is 341. The van der Waals surface area contributed by atoms with Gasteiger partial charge in [0.15, 0.2) is 0 Å².